The van der Waals surface area contributed by atoms with E-state index in [0.717, 1.165) is 0 Å². The summed E-state index contributed by atoms with van der Waals surface area (Å²) in [6, 6.07) is 0. The van der Waals surface area contributed by atoms with Gasteiger partial charge in [-0.25, -0.2) is 0 Å². The fourth-order valence-electron chi connectivity index (χ4n) is 0.816. The second-order valence-electron chi connectivity index (χ2n) is 2.18. The van der Waals surface area contributed by atoms with Crippen molar-refractivity contribution in [2.24, 2.45) is 5.92 Å². The van der Waals surface area contributed by atoms with Crippen molar-refractivity contribution in [3.8, 4) is 0 Å². The number of hydrogen-bond donors (Lipinski definition) is 2. The monoisotopic (exact) mass is 143 g/mol. The summed E-state index contributed by atoms with van der Waals surface area (Å²) in [6.07, 6.45) is 1.05. The van der Waals surface area contributed by atoms with Gasteiger partial charge < -0.3 is 10.5 Å². The van der Waals surface area contributed by atoms with E-state index in [0.29, 0.717) is 18.6 Å². The standard InChI is InChI=1S/C7H13NO2/c1-3-5(7(9)10)6(8)4-2/h5,8H,3-4H2,1-2H3,(H,9,10). The summed E-state index contributed by atoms with van der Waals surface area (Å²) in [5.74, 6) is -1.45. The number of carboxylic acids is 1. The van der Waals surface area contributed by atoms with Gasteiger partial charge in [0.2, 0.25) is 0 Å². The first-order chi connectivity index (χ1) is 4.63. The van der Waals surface area contributed by atoms with Gasteiger partial charge in [-0.15, -0.1) is 0 Å². The molecule has 0 spiro atoms. The molecule has 3 heteroatoms. The van der Waals surface area contributed by atoms with Crippen LogP contribution in [-0.4, -0.2) is 16.8 Å². The van der Waals surface area contributed by atoms with Gasteiger partial charge in [-0.1, -0.05) is 13.8 Å². The van der Waals surface area contributed by atoms with E-state index >= 15 is 0 Å². The summed E-state index contributed by atoms with van der Waals surface area (Å²) in [5, 5.41) is 15.8. The average Bonchev–Trinajstić information content (AvgIpc) is 1.88. The molecule has 0 saturated heterocycles. The molecule has 0 aliphatic rings. The predicted molar refractivity (Wildman–Crippen MR) is 39.4 cm³/mol. The molecule has 0 saturated carbocycles. The Balaban J connectivity index is 4.06. The molecule has 0 aromatic rings. The zero-order chi connectivity index (χ0) is 8.15. The van der Waals surface area contributed by atoms with Crippen molar-refractivity contribution >= 4 is 11.7 Å². The quantitative estimate of drug-likeness (QED) is 0.586. The summed E-state index contributed by atoms with van der Waals surface area (Å²) in [6.45, 7) is 3.58. The molecular weight excluding hydrogens is 130 g/mol. The van der Waals surface area contributed by atoms with Crippen LogP contribution >= 0.6 is 0 Å². The van der Waals surface area contributed by atoms with Crippen molar-refractivity contribution in [2.75, 3.05) is 0 Å². The molecule has 1 unspecified atom stereocenters. The van der Waals surface area contributed by atoms with Crippen LogP contribution in [-0.2, 0) is 4.79 Å². The Labute approximate surface area is 60.6 Å². The Kier molecular flexibility index (Phi) is 3.69. The van der Waals surface area contributed by atoms with Crippen LogP contribution in [0.4, 0.5) is 0 Å². The van der Waals surface area contributed by atoms with Crippen LogP contribution in [0.5, 0.6) is 0 Å². The molecule has 0 rings (SSSR count). The SMILES string of the molecule is CCC(=N)C(CC)C(=O)O. The van der Waals surface area contributed by atoms with Crippen molar-refractivity contribution in [2.45, 2.75) is 26.7 Å². The molecule has 0 heterocycles. The van der Waals surface area contributed by atoms with E-state index in [9.17, 15) is 4.79 Å². The maximum atomic E-state index is 10.4. The minimum atomic E-state index is -0.880. The lowest BCUT2D eigenvalue weighted by molar-refractivity contribution is -0.139. The molecule has 3 nitrogen and oxygen atoms in total. The second-order valence-corrected chi connectivity index (χ2v) is 2.18. The number of nitrogens with one attached hydrogen (secondary N) is 1. The first kappa shape index (κ1) is 9.14. The molecule has 0 bridgehead atoms. The first-order valence-electron chi connectivity index (χ1n) is 3.43. The minimum Gasteiger partial charge on any atom is -0.481 e. The maximum absolute atomic E-state index is 10.4. The smallest absolute Gasteiger partial charge is 0.312 e. The van der Waals surface area contributed by atoms with Gasteiger partial charge in [0, 0.05) is 5.71 Å². The maximum Gasteiger partial charge on any atom is 0.312 e. The molecule has 10 heavy (non-hydrogen) atoms. The first-order valence-corrected chi connectivity index (χ1v) is 3.43. The summed E-state index contributed by atoms with van der Waals surface area (Å²) in [5.41, 5.74) is 0.315. The van der Waals surface area contributed by atoms with Crippen molar-refractivity contribution in [1.82, 2.24) is 0 Å². The minimum absolute atomic E-state index is 0.315. The highest BCUT2D eigenvalue weighted by Crippen LogP contribution is 2.06. The Morgan fingerprint density at radius 2 is 2.10 bits per heavy atom. The summed E-state index contributed by atoms with van der Waals surface area (Å²) in [4.78, 5) is 10.4. The predicted octanol–water partition coefficient (Wildman–Crippen LogP) is 1.53. The molecule has 0 aromatic carbocycles. The van der Waals surface area contributed by atoms with Gasteiger partial charge in [0.05, 0.1) is 5.92 Å². The number of carbonyl (C=O) groups is 1. The molecule has 2 N–H and O–H groups in total. The van der Waals surface area contributed by atoms with E-state index in [1.165, 1.54) is 0 Å². The highest BCUT2D eigenvalue weighted by atomic mass is 16.4. The third kappa shape index (κ3) is 2.17. The van der Waals surface area contributed by atoms with Crippen molar-refractivity contribution < 1.29 is 9.90 Å². The number of rotatable bonds is 4. The van der Waals surface area contributed by atoms with Crippen LogP contribution in [0.1, 0.15) is 26.7 Å². The third-order valence-corrected chi connectivity index (χ3v) is 1.51. The Morgan fingerprint density at radius 1 is 1.60 bits per heavy atom. The topological polar surface area (TPSA) is 61.2 Å². The van der Waals surface area contributed by atoms with E-state index < -0.39 is 11.9 Å². The third-order valence-electron chi connectivity index (χ3n) is 1.51. The van der Waals surface area contributed by atoms with Gasteiger partial charge in [0.25, 0.3) is 0 Å². The summed E-state index contributed by atoms with van der Waals surface area (Å²) < 4.78 is 0. The van der Waals surface area contributed by atoms with E-state index in [1.54, 1.807) is 13.8 Å². The van der Waals surface area contributed by atoms with Gasteiger partial charge >= 0.3 is 5.97 Å². The fourth-order valence-corrected chi connectivity index (χ4v) is 0.816. The lowest BCUT2D eigenvalue weighted by Crippen LogP contribution is -2.21. The highest BCUT2D eigenvalue weighted by Gasteiger charge is 2.18. The average molecular weight is 143 g/mol. The normalized spacial score (nSPS) is 12.6. The Hall–Kier alpha value is -0.860. The number of carboxylic acid groups (broad SMARTS) is 1. The van der Waals surface area contributed by atoms with E-state index in [-0.39, 0.29) is 0 Å². The molecule has 0 fully saturated rings. The van der Waals surface area contributed by atoms with Crippen molar-refractivity contribution in [1.29, 1.82) is 5.41 Å². The van der Waals surface area contributed by atoms with Crippen molar-refractivity contribution in [3.05, 3.63) is 0 Å². The van der Waals surface area contributed by atoms with Crippen LogP contribution in [0.15, 0.2) is 0 Å². The number of aliphatic carboxylic acids is 1. The van der Waals surface area contributed by atoms with E-state index in [1.807, 2.05) is 0 Å². The van der Waals surface area contributed by atoms with Gasteiger partial charge in [0.1, 0.15) is 0 Å². The lowest BCUT2D eigenvalue weighted by Gasteiger charge is -2.08. The molecule has 58 valence electrons. The molecule has 0 amide bonds. The summed E-state index contributed by atoms with van der Waals surface area (Å²) in [7, 11) is 0. The van der Waals surface area contributed by atoms with E-state index in [2.05, 4.69) is 0 Å². The van der Waals surface area contributed by atoms with Gasteiger partial charge in [-0.3, -0.25) is 4.79 Å². The molecule has 0 radical (unpaired) electrons. The lowest BCUT2D eigenvalue weighted by atomic mass is 9.99. The molecule has 0 aromatic heterocycles. The Morgan fingerprint density at radius 3 is 2.20 bits per heavy atom. The molecule has 1 atom stereocenters. The summed E-state index contributed by atoms with van der Waals surface area (Å²) >= 11 is 0. The van der Waals surface area contributed by atoms with Gasteiger partial charge in [-0.2, -0.15) is 0 Å². The molecule has 0 aliphatic carbocycles. The van der Waals surface area contributed by atoms with Crippen LogP contribution in [0.25, 0.3) is 0 Å². The zero-order valence-electron chi connectivity index (χ0n) is 6.35. The Bertz CT molecular complexity index is 143. The highest BCUT2D eigenvalue weighted by molar-refractivity contribution is 5.99. The van der Waals surface area contributed by atoms with Crippen LogP contribution in [0.3, 0.4) is 0 Å². The fraction of sp³-hybridized carbons (Fsp3) is 0.714. The van der Waals surface area contributed by atoms with Crippen LogP contribution < -0.4 is 0 Å². The largest absolute Gasteiger partial charge is 0.481 e. The second kappa shape index (κ2) is 4.04. The molecular formula is C7H13NO2. The van der Waals surface area contributed by atoms with Gasteiger partial charge in [0.15, 0.2) is 0 Å². The molecule has 0 aliphatic heterocycles. The van der Waals surface area contributed by atoms with E-state index in [4.69, 9.17) is 10.5 Å². The van der Waals surface area contributed by atoms with Crippen LogP contribution in [0.2, 0.25) is 0 Å². The number of hydrogen-bond acceptors (Lipinski definition) is 2. The zero-order valence-corrected chi connectivity index (χ0v) is 6.35. The van der Waals surface area contributed by atoms with Crippen LogP contribution in [0, 0.1) is 11.3 Å². The van der Waals surface area contributed by atoms with Gasteiger partial charge in [-0.05, 0) is 12.8 Å². The van der Waals surface area contributed by atoms with Crippen molar-refractivity contribution in [3.63, 3.8) is 0 Å².